The molecule has 0 aliphatic heterocycles. The molecule has 12 rings (SSSR count). The zero-order chi connectivity index (χ0) is 36.7. The number of imidazole rings is 1. The van der Waals surface area contributed by atoms with Crippen molar-refractivity contribution in [3.05, 3.63) is 205 Å². The van der Waals surface area contributed by atoms with E-state index in [1.54, 1.807) is 0 Å². The van der Waals surface area contributed by atoms with Crippen molar-refractivity contribution in [2.75, 3.05) is 0 Å². The summed E-state index contributed by atoms with van der Waals surface area (Å²) >= 11 is 0. The van der Waals surface area contributed by atoms with Crippen LogP contribution in [0, 0.1) is 0 Å². The van der Waals surface area contributed by atoms with Crippen LogP contribution in [0.4, 0.5) is 0 Å². The van der Waals surface area contributed by atoms with E-state index in [9.17, 15) is 0 Å². The van der Waals surface area contributed by atoms with Crippen molar-refractivity contribution in [2.45, 2.75) is 6.42 Å². The van der Waals surface area contributed by atoms with Gasteiger partial charge in [0.25, 0.3) is 0 Å². The summed E-state index contributed by atoms with van der Waals surface area (Å²) in [4.78, 5) is 5.16. The standard InChI is InChI=1S/C54H34N2/c1-2-13-34(14-3-1)46-32-49-43-19-7-5-17-41(43)47(33-50(49)42-18-6-4-16-40(42)46)39-28-27-37-29-36(25-26-38(37)30-39)35-15-12-21-45-48(31-35)44-20-8-10-23-52(44)56-53-24-11-9-22-51(53)55-54(45)56/h1-20,22-33H,21H2. The van der Waals surface area contributed by atoms with E-state index in [-0.39, 0.29) is 0 Å². The minimum Gasteiger partial charge on any atom is -0.292 e. The second kappa shape index (κ2) is 12.1. The summed E-state index contributed by atoms with van der Waals surface area (Å²) < 4.78 is 2.34. The predicted octanol–water partition coefficient (Wildman–Crippen LogP) is 14.2. The van der Waals surface area contributed by atoms with E-state index >= 15 is 0 Å². The third-order valence-electron chi connectivity index (χ3n) is 12.0. The maximum absolute atomic E-state index is 5.16. The van der Waals surface area contributed by atoms with Gasteiger partial charge >= 0.3 is 0 Å². The number of allylic oxidation sites excluding steroid dienone is 3. The molecule has 0 saturated heterocycles. The second-order valence-corrected chi connectivity index (χ2v) is 15.1. The SMILES string of the molecule is C1=CC(c2ccc3cc(-c4cc5c6ccccc6c(-c6ccccc6)cc5c5ccccc45)ccc3c2)=Cc2c(c3nc4ccccc4n3c3ccccc23)C1. The molecule has 2 heteroatoms. The van der Waals surface area contributed by atoms with E-state index in [4.69, 9.17) is 4.98 Å². The van der Waals surface area contributed by atoms with Gasteiger partial charge < -0.3 is 0 Å². The van der Waals surface area contributed by atoms with Crippen molar-refractivity contribution < 1.29 is 0 Å². The molecule has 260 valence electrons. The van der Waals surface area contributed by atoms with E-state index in [0.717, 1.165) is 23.1 Å². The van der Waals surface area contributed by atoms with Crippen LogP contribution in [0.25, 0.3) is 105 Å². The molecule has 1 aliphatic carbocycles. The maximum atomic E-state index is 5.16. The van der Waals surface area contributed by atoms with Crippen molar-refractivity contribution in [2.24, 2.45) is 0 Å². The van der Waals surface area contributed by atoms with Crippen molar-refractivity contribution in [3.8, 4) is 22.3 Å². The molecule has 56 heavy (non-hydrogen) atoms. The molecule has 2 nitrogen and oxygen atoms in total. The Morgan fingerprint density at radius 2 is 1.00 bits per heavy atom. The summed E-state index contributed by atoms with van der Waals surface area (Å²) in [5.74, 6) is 0. The molecule has 0 radical (unpaired) electrons. The van der Waals surface area contributed by atoms with Gasteiger partial charge in [0.1, 0.15) is 5.65 Å². The molecule has 0 fully saturated rings. The Morgan fingerprint density at radius 1 is 0.429 bits per heavy atom. The van der Waals surface area contributed by atoms with E-state index in [1.807, 2.05) is 0 Å². The topological polar surface area (TPSA) is 17.3 Å². The largest absolute Gasteiger partial charge is 0.292 e. The fraction of sp³-hybridized carbons (Fsp3) is 0.0185. The first-order valence-electron chi connectivity index (χ1n) is 19.4. The van der Waals surface area contributed by atoms with Gasteiger partial charge in [0.15, 0.2) is 0 Å². The summed E-state index contributed by atoms with van der Waals surface area (Å²) in [7, 11) is 0. The van der Waals surface area contributed by atoms with Crippen LogP contribution >= 0.6 is 0 Å². The molecular formula is C54H34N2. The van der Waals surface area contributed by atoms with E-state index < -0.39 is 0 Å². The van der Waals surface area contributed by atoms with Gasteiger partial charge in [-0.1, -0.05) is 146 Å². The lowest BCUT2D eigenvalue weighted by atomic mass is 9.87. The molecule has 0 saturated carbocycles. The average molecular weight is 711 g/mol. The zero-order valence-corrected chi connectivity index (χ0v) is 30.6. The fourth-order valence-corrected chi connectivity index (χ4v) is 9.34. The van der Waals surface area contributed by atoms with Crippen LogP contribution in [-0.4, -0.2) is 9.38 Å². The molecule has 0 bridgehead atoms. The normalized spacial score (nSPS) is 13.0. The third kappa shape index (κ3) is 4.66. The number of aromatic nitrogens is 2. The van der Waals surface area contributed by atoms with E-state index in [2.05, 4.69) is 199 Å². The highest BCUT2D eigenvalue weighted by atomic mass is 15.0. The monoisotopic (exact) mass is 710 g/mol. The fourth-order valence-electron chi connectivity index (χ4n) is 9.34. The summed E-state index contributed by atoms with van der Waals surface area (Å²) in [6.07, 6.45) is 7.80. The zero-order valence-electron chi connectivity index (χ0n) is 30.6. The lowest BCUT2D eigenvalue weighted by Gasteiger charge is -2.16. The van der Waals surface area contributed by atoms with Crippen LogP contribution in [-0.2, 0) is 6.42 Å². The number of benzene rings is 9. The molecule has 0 spiro atoms. The van der Waals surface area contributed by atoms with Crippen LogP contribution in [0.3, 0.4) is 0 Å². The molecule has 11 aromatic rings. The number of rotatable bonds is 3. The van der Waals surface area contributed by atoms with Gasteiger partial charge in [-0.15, -0.1) is 0 Å². The molecule has 0 N–H and O–H groups in total. The first-order chi connectivity index (χ1) is 27.8. The van der Waals surface area contributed by atoms with Gasteiger partial charge in [-0.2, -0.15) is 0 Å². The smallest absolute Gasteiger partial charge is 0.142 e. The van der Waals surface area contributed by atoms with Gasteiger partial charge in [-0.05, 0) is 137 Å². The minimum atomic E-state index is 0.826. The van der Waals surface area contributed by atoms with Crippen molar-refractivity contribution in [1.82, 2.24) is 9.38 Å². The summed E-state index contributed by atoms with van der Waals surface area (Å²) in [6, 6.07) is 64.5. The Labute approximate surface area is 323 Å². The second-order valence-electron chi connectivity index (χ2n) is 15.1. The first-order valence-corrected chi connectivity index (χ1v) is 19.4. The molecule has 2 aromatic heterocycles. The maximum Gasteiger partial charge on any atom is 0.142 e. The first kappa shape index (κ1) is 31.1. The Bertz CT molecular complexity index is 3490. The van der Waals surface area contributed by atoms with Gasteiger partial charge in [0.2, 0.25) is 0 Å². The third-order valence-corrected chi connectivity index (χ3v) is 12.0. The number of pyridine rings is 1. The number of nitrogens with zero attached hydrogens (tertiary/aromatic N) is 2. The van der Waals surface area contributed by atoms with Crippen molar-refractivity contribution >= 4 is 82.3 Å². The van der Waals surface area contributed by atoms with Crippen LogP contribution in [0.5, 0.6) is 0 Å². The van der Waals surface area contributed by atoms with Gasteiger partial charge in [0.05, 0.1) is 16.6 Å². The highest BCUT2D eigenvalue weighted by molar-refractivity contribution is 6.24. The van der Waals surface area contributed by atoms with Crippen molar-refractivity contribution in [3.63, 3.8) is 0 Å². The molecule has 0 unspecified atom stereocenters. The molecule has 9 aromatic carbocycles. The lowest BCUT2D eigenvalue weighted by molar-refractivity contribution is 1.20. The average Bonchev–Trinajstić information content (AvgIpc) is 3.51. The summed E-state index contributed by atoms with van der Waals surface area (Å²) in [6.45, 7) is 0. The highest BCUT2D eigenvalue weighted by Gasteiger charge is 2.19. The lowest BCUT2D eigenvalue weighted by Crippen LogP contribution is -1.98. The molecular weight excluding hydrogens is 677 g/mol. The molecule has 2 heterocycles. The Morgan fingerprint density at radius 3 is 1.73 bits per heavy atom. The number of hydrogen-bond acceptors (Lipinski definition) is 1. The number of fused-ring (bicyclic) bond motifs is 14. The van der Waals surface area contributed by atoms with Gasteiger partial charge in [-0.3, -0.25) is 4.40 Å². The number of para-hydroxylation sites is 3. The molecule has 0 atom stereocenters. The van der Waals surface area contributed by atoms with Crippen molar-refractivity contribution in [1.29, 1.82) is 0 Å². The van der Waals surface area contributed by atoms with E-state index in [1.165, 1.54) is 98.5 Å². The number of hydrogen-bond donors (Lipinski definition) is 0. The molecule has 0 amide bonds. The predicted molar refractivity (Wildman–Crippen MR) is 238 cm³/mol. The van der Waals surface area contributed by atoms with E-state index in [0.29, 0.717) is 0 Å². The Kier molecular flexibility index (Phi) is 6.73. The van der Waals surface area contributed by atoms with Crippen LogP contribution in [0.15, 0.2) is 188 Å². The minimum absolute atomic E-state index is 0.826. The van der Waals surface area contributed by atoms with Gasteiger partial charge in [0, 0.05) is 10.9 Å². The summed E-state index contributed by atoms with van der Waals surface area (Å²) in [5, 5.41) is 11.4. The van der Waals surface area contributed by atoms with Gasteiger partial charge in [-0.25, -0.2) is 4.98 Å². The van der Waals surface area contributed by atoms with Crippen LogP contribution < -0.4 is 0 Å². The quantitative estimate of drug-likeness (QED) is 0.167. The Hall–Kier alpha value is -7.29. The molecule has 1 aliphatic rings. The summed E-state index contributed by atoms with van der Waals surface area (Å²) in [5.41, 5.74) is 14.3. The van der Waals surface area contributed by atoms with Crippen LogP contribution in [0.2, 0.25) is 0 Å². The highest BCUT2D eigenvalue weighted by Crippen LogP contribution is 2.43. The van der Waals surface area contributed by atoms with Crippen LogP contribution in [0.1, 0.15) is 16.7 Å². The Balaban J connectivity index is 1.00.